The lowest BCUT2D eigenvalue weighted by Gasteiger charge is -2.11. The highest BCUT2D eigenvalue weighted by molar-refractivity contribution is 7.91. The molecule has 2 rings (SSSR count). The Hall–Kier alpha value is -2.29. The van der Waals surface area contributed by atoms with Crippen molar-refractivity contribution in [3.8, 4) is 5.75 Å². The van der Waals surface area contributed by atoms with E-state index in [2.05, 4.69) is 5.32 Å². The molecular weight excluding hydrogens is 429 g/mol. The highest BCUT2D eigenvalue weighted by Crippen LogP contribution is 2.27. The average molecular weight is 446 g/mol. The van der Waals surface area contributed by atoms with Crippen molar-refractivity contribution in [2.75, 3.05) is 24.8 Å². The van der Waals surface area contributed by atoms with E-state index in [9.17, 15) is 18.0 Å². The van der Waals surface area contributed by atoms with E-state index in [1.807, 2.05) is 0 Å². The van der Waals surface area contributed by atoms with Crippen molar-refractivity contribution in [2.24, 2.45) is 0 Å². The van der Waals surface area contributed by atoms with Crippen LogP contribution in [0.1, 0.15) is 6.42 Å². The van der Waals surface area contributed by atoms with Crippen LogP contribution in [0.15, 0.2) is 47.4 Å². The molecule has 0 unspecified atom stereocenters. The molecule has 0 aliphatic heterocycles. The number of hydrogen-bond donors (Lipinski definition) is 1. The van der Waals surface area contributed by atoms with Gasteiger partial charge in [-0.15, -0.1) is 0 Å². The fourth-order valence-electron chi connectivity index (χ4n) is 2.16. The van der Waals surface area contributed by atoms with Gasteiger partial charge in [0.05, 0.1) is 29.9 Å². The van der Waals surface area contributed by atoms with Crippen LogP contribution in [-0.2, 0) is 24.2 Å². The Morgan fingerprint density at radius 2 is 1.68 bits per heavy atom. The fourth-order valence-corrected chi connectivity index (χ4v) is 3.68. The summed E-state index contributed by atoms with van der Waals surface area (Å²) < 4.78 is 34.3. The minimum atomic E-state index is -3.66. The van der Waals surface area contributed by atoms with Crippen molar-refractivity contribution in [1.82, 2.24) is 0 Å². The van der Waals surface area contributed by atoms with E-state index < -0.39 is 40.5 Å². The van der Waals surface area contributed by atoms with Gasteiger partial charge >= 0.3 is 5.97 Å². The normalized spacial score (nSPS) is 11.0. The van der Waals surface area contributed by atoms with Crippen LogP contribution < -0.4 is 10.1 Å². The molecule has 1 N–H and O–H groups in total. The molecule has 2 aromatic carbocycles. The first-order valence-electron chi connectivity index (χ1n) is 7.98. The predicted molar refractivity (Wildman–Crippen MR) is 106 cm³/mol. The number of carbonyl (C=O) groups excluding carboxylic acids is 2. The van der Waals surface area contributed by atoms with E-state index in [1.54, 1.807) is 12.1 Å². The average Bonchev–Trinajstić information content (AvgIpc) is 2.65. The van der Waals surface area contributed by atoms with Crippen LogP contribution in [0.4, 0.5) is 5.69 Å². The van der Waals surface area contributed by atoms with Gasteiger partial charge in [-0.25, -0.2) is 8.42 Å². The number of nitrogens with one attached hydrogen (secondary N) is 1. The maximum atomic E-state index is 12.2. The molecule has 0 saturated carbocycles. The van der Waals surface area contributed by atoms with Crippen LogP contribution in [0.25, 0.3) is 0 Å². The fraction of sp³-hybridized carbons (Fsp3) is 0.222. The summed E-state index contributed by atoms with van der Waals surface area (Å²) in [6.07, 6.45) is -0.390. The summed E-state index contributed by atoms with van der Waals surface area (Å²) >= 11 is 11.6. The van der Waals surface area contributed by atoms with Gasteiger partial charge in [-0.3, -0.25) is 9.59 Å². The first-order valence-corrected chi connectivity index (χ1v) is 10.4. The highest BCUT2D eigenvalue weighted by atomic mass is 35.5. The minimum absolute atomic E-state index is 0.0514. The largest absolute Gasteiger partial charge is 0.495 e. The number of benzene rings is 2. The van der Waals surface area contributed by atoms with Crippen molar-refractivity contribution >= 4 is 50.6 Å². The van der Waals surface area contributed by atoms with Gasteiger partial charge in [-0.1, -0.05) is 23.2 Å². The number of amides is 1. The molecule has 0 aromatic heterocycles. The number of anilines is 1. The molecular formula is C18H17Cl2NO6S. The Morgan fingerprint density at radius 3 is 2.32 bits per heavy atom. The SMILES string of the molecule is COc1ccc(Cl)cc1NC(=O)COC(=O)CCS(=O)(=O)c1ccc(Cl)cc1. The molecule has 1 amide bonds. The number of rotatable bonds is 8. The van der Waals surface area contributed by atoms with Gasteiger partial charge < -0.3 is 14.8 Å². The van der Waals surface area contributed by atoms with Crippen LogP contribution in [0.5, 0.6) is 5.75 Å². The number of sulfone groups is 1. The summed E-state index contributed by atoms with van der Waals surface area (Å²) in [5, 5.41) is 3.30. The van der Waals surface area contributed by atoms with Crippen molar-refractivity contribution in [3.05, 3.63) is 52.5 Å². The second-order valence-electron chi connectivity index (χ2n) is 5.58. The lowest BCUT2D eigenvalue weighted by Crippen LogP contribution is -2.22. The van der Waals surface area contributed by atoms with E-state index >= 15 is 0 Å². The minimum Gasteiger partial charge on any atom is -0.495 e. The summed E-state index contributed by atoms with van der Waals surface area (Å²) in [6, 6.07) is 10.3. The van der Waals surface area contributed by atoms with Gasteiger partial charge in [0.2, 0.25) is 0 Å². The molecule has 0 heterocycles. The van der Waals surface area contributed by atoms with Crippen LogP contribution in [-0.4, -0.2) is 39.8 Å². The summed E-state index contributed by atoms with van der Waals surface area (Å²) in [5.74, 6) is -1.49. The number of carbonyl (C=O) groups is 2. The third-order valence-corrected chi connectivity index (χ3v) is 5.77. The Morgan fingerprint density at radius 1 is 1.04 bits per heavy atom. The molecule has 2 aromatic rings. The third kappa shape index (κ3) is 6.40. The van der Waals surface area contributed by atoms with E-state index in [-0.39, 0.29) is 4.90 Å². The zero-order valence-electron chi connectivity index (χ0n) is 14.8. The lowest BCUT2D eigenvalue weighted by atomic mass is 10.3. The Bertz CT molecular complexity index is 961. The number of methoxy groups -OCH3 is 1. The molecule has 0 fully saturated rings. The second kappa shape index (κ2) is 9.77. The van der Waals surface area contributed by atoms with Crippen LogP contribution in [0.3, 0.4) is 0 Å². The van der Waals surface area contributed by atoms with Gasteiger partial charge in [0.1, 0.15) is 5.75 Å². The van der Waals surface area contributed by atoms with Gasteiger partial charge in [0.15, 0.2) is 16.4 Å². The molecule has 0 spiro atoms. The molecule has 0 aliphatic rings. The summed E-state index contributed by atoms with van der Waals surface area (Å²) in [4.78, 5) is 23.8. The van der Waals surface area contributed by atoms with Crippen molar-refractivity contribution in [3.63, 3.8) is 0 Å². The van der Waals surface area contributed by atoms with Crippen LogP contribution in [0.2, 0.25) is 10.0 Å². The zero-order valence-corrected chi connectivity index (χ0v) is 17.1. The second-order valence-corrected chi connectivity index (χ2v) is 8.56. The standard InChI is InChI=1S/C18H17Cl2NO6S/c1-26-16-7-4-13(20)10-15(16)21-17(22)11-27-18(23)8-9-28(24,25)14-5-2-12(19)3-6-14/h2-7,10H,8-9,11H2,1H3,(H,21,22). The molecule has 28 heavy (non-hydrogen) atoms. The van der Waals surface area contributed by atoms with E-state index in [0.29, 0.717) is 21.5 Å². The molecule has 0 atom stereocenters. The lowest BCUT2D eigenvalue weighted by molar-refractivity contribution is -0.146. The van der Waals surface area contributed by atoms with E-state index in [4.69, 9.17) is 32.7 Å². The Labute approximate surface area is 172 Å². The smallest absolute Gasteiger partial charge is 0.307 e. The topological polar surface area (TPSA) is 98.8 Å². The predicted octanol–water partition coefficient (Wildman–Crippen LogP) is 3.35. The van der Waals surface area contributed by atoms with Gasteiger partial charge in [0, 0.05) is 10.0 Å². The highest BCUT2D eigenvalue weighted by Gasteiger charge is 2.18. The summed E-state index contributed by atoms with van der Waals surface area (Å²) in [5.41, 5.74) is 0.321. The monoisotopic (exact) mass is 445 g/mol. The maximum absolute atomic E-state index is 12.2. The van der Waals surface area contributed by atoms with Crippen molar-refractivity contribution < 1.29 is 27.5 Å². The maximum Gasteiger partial charge on any atom is 0.307 e. The Balaban J connectivity index is 1.84. The summed E-state index contributed by atoms with van der Waals surface area (Å²) in [6.45, 7) is -0.574. The molecule has 150 valence electrons. The van der Waals surface area contributed by atoms with Gasteiger partial charge in [-0.2, -0.15) is 0 Å². The molecule has 7 nitrogen and oxygen atoms in total. The van der Waals surface area contributed by atoms with E-state index in [1.165, 1.54) is 37.4 Å². The molecule has 10 heteroatoms. The molecule has 0 radical (unpaired) electrons. The Kier molecular flexibility index (Phi) is 7.68. The number of esters is 1. The number of halogens is 2. The summed E-state index contributed by atoms with van der Waals surface area (Å²) in [7, 11) is -2.23. The van der Waals surface area contributed by atoms with Crippen LogP contribution >= 0.6 is 23.2 Å². The first kappa shape index (κ1) is 22.0. The first-order chi connectivity index (χ1) is 13.2. The third-order valence-electron chi connectivity index (χ3n) is 3.55. The molecule has 0 bridgehead atoms. The van der Waals surface area contributed by atoms with Gasteiger partial charge in [-0.05, 0) is 42.5 Å². The number of hydrogen-bond acceptors (Lipinski definition) is 6. The van der Waals surface area contributed by atoms with Crippen molar-refractivity contribution in [1.29, 1.82) is 0 Å². The molecule has 0 saturated heterocycles. The number of ether oxygens (including phenoxy) is 2. The zero-order chi connectivity index (χ0) is 20.7. The van der Waals surface area contributed by atoms with Crippen molar-refractivity contribution in [2.45, 2.75) is 11.3 Å². The van der Waals surface area contributed by atoms with Crippen LogP contribution in [0, 0.1) is 0 Å². The van der Waals surface area contributed by atoms with E-state index in [0.717, 1.165) is 0 Å². The van der Waals surface area contributed by atoms with Gasteiger partial charge in [0.25, 0.3) is 5.91 Å². The quantitative estimate of drug-likeness (QED) is 0.625. The molecule has 0 aliphatic carbocycles.